The van der Waals surface area contributed by atoms with Gasteiger partial charge in [0, 0.05) is 38.8 Å². The molecule has 5 heteroatoms. The van der Waals surface area contributed by atoms with Crippen LogP contribution in [0, 0.1) is 11.3 Å². The molecule has 24 heavy (non-hydrogen) atoms. The highest BCUT2D eigenvalue weighted by Gasteiger charge is 2.22. The van der Waals surface area contributed by atoms with Gasteiger partial charge >= 0.3 is 0 Å². The summed E-state index contributed by atoms with van der Waals surface area (Å²) >= 11 is 0. The lowest BCUT2D eigenvalue weighted by molar-refractivity contribution is -0.131. The molecule has 0 unspecified atom stereocenters. The van der Waals surface area contributed by atoms with Crippen LogP contribution >= 0.6 is 0 Å². The number of carbonyl (C=O) groups excluding carboxylic acids is 1. The maximum Gasteiger partial charge on any atom is 0.222 e. The smallest absolute Gasteiger partial charge is 0.222 e. The quantitative estimate of drug-likeness (QED) is 0.687. The number of pyridine rings is 1. The largest absolute Gasteiger partial charge is 0.352 e. The van der Waals surface area contributed by atoms with E-state index >= 15 is 0 Å². The number of rotatable bonds is 8. The van der Waals surface area contributed by atoms with E-state index in [1.165, 1.54) is 25.7 Å². The van der Waals surface area contributed by atoms with Gasteiger partial charge in [-0.3, -0.25) is 4.79 Å². The van der Waals surface area contributed by atoms with Crippen LogP contribution in [0.3, 0.4) is 0 Å². The molecule has 1 amide bonds. The second-order valence-corrected chi connectivity index (χ2v) is 6.37. The summed E-state index contributed by atoms with van der Waals surface area (Å²) in [6, 6.07) is 5.76. The third-order valence-corrected chi connectivity index (χ3v) is 4.58. The number of unbranched alkanes of at least 4 members (excludes halogenated alkanes) is 5. The molecule has 0 bridgehead atoms. The second-order valence-electron chi connectivity index (χ2n) is 6.37. The molecule has 1 aromatic heterocycles. The molecule has 1 aromatic rings. The average molecular weight is 328 g/mol. The van der Waals surface area contributed by atoms with Crippen LogP contribution in [0.2, 0.25) is 0 Å². The molecule has 0 atom stereocenters. The number of piperazine rings is 1. The predicted octanol–water partition coefficient (Wildman–Crippen LogP) is 3.35. The lowest BCUT2D eigenvalue weighted by atomic mass is 10.1. The normalized spacial score (nSPS) is 14.5. The van der Waals surface area contributed by atoms with Gasteiger partial charge in [-0.25, -0.2) is 4.98 Å². The summed E-state index contributed by atoms with van der Waals surface area (Å²) in [6.07, 6.45) is 9.62. The molecule has 1 fully saturated rings. The van der Waals surface area contributed by atoms with Gasteiger partial charge < -0.3 is 9.80 Å². The van der Waals surface area contributed by atoms with Crippen molar-refractivity contribution in [3.05, 3.63) is 23.9 Å². The third-order valence-electron chi connectivity index (χ3n) is 4.58. The Kier molecular flexibility index (Phi) is 7.54. The molecule has 0 aromatic carbocycles. The van der Waals surface area contributed by atoms with Crippen molar-refractivity contribution >= 4 is 11.7 Å². The van der Waals surface area contributed by atoms with E-state index in [-0.39, 0.29) is 5.91 Å². The van der Waals surface area contributed by atoms with Gasteiger partial charge in [0.2, 0.25) is 5.91 Å². The number of nitriles is 1. The van der Waals surface area contributed by atoms with Crippen LogP contribution in [0.4, 0.5) is 5.82 Å². The third kappa shape index (κ3) is 5.23. The minimum Gasteiger partial charge on any atom is -0.352 e. The van der Waals surface area contributed by atoms with Crippen molar-refractivity contribution in [2.75, 3.05) is 31.1 Å². The van der Waals surface area contributed by atoms with E-state index in [1.807, 2.05) is 4.90 Å². The van der Waals surface area contributed by atoms with Gasteiger partial charge in [-0.1, -0.05) is 39.0 Å². The Hall–Kier alpha value is -2.09. The number of anilines is 1. The maximum atomic E-state index is 12.3. The van der Waals surface area contributed by atoms with Crippen molar-refractivity contribution in [2.45, 2.75) is 51.9 Å². The molecular formula is C19H28N4O. The molecule has 130 valence electrons. The van der Waals surface area contributed by atoms with Gasteiger partial charge in [-0.05, 0) is 18.6 Å². The molecule has 1 aliphatic rings. The standard InChI is InChI=1S/C19H28N4O/c1-2-3-4-5-6-7-10-18(24)22-12-14-23(15-13-22)19-17(16-20)9-8-11-21-19/h8-9,11H,2-7,10,12-15H2,1H3. The molecule has 0 aliphatic carbocycles. The average Bonchev–Trinajstić information content (AvgIpc) is 2.64. The van der Waals surface area contributed by atoms with Crippen molar-refractivity contribution in [1.29, 1.82) is 5.26 Å². The van der Waals surface area contributed by atoms with Gasteiger partial charge in [-0.2, -0.15) is 5.26 Å². The first-order valence-corrected chi connectivity index (χ1v) is 9.14. The van der Waals surface area contributed by atoms with Crippen molar-refractivity contribution in [2.24, 2.45) is 0 Å². The SMILES string of the molecule is CCCCCCCCC(=O)N1CCN(c2ncccc2C#N)CC1. The Bertz CT molecular complexity index is 559. The van der Waals surface area contributed by atoms with E-state index in [1.54, 1.807) is 18.3 Å². The van der Waals surface area contributed by atoms with Crippen LogP contribution in [0.5, 0.6) is 0 Å². The topological polar surface area (TPSA) is 60.2 Å². The predicted molar refractivity (Wildman–Crippen MR) is 95.7 cm³/mol. The molecule has 0 saturated carbocycles. The lowest BCUT2D eigenvalue weighted by Crippen LogP contribution is -2.49. The van der Waals surface area contributed by atoms with E-state index in [0.717, 1.165) is 44.8 Å². The van der Waals surface area contributed by atoms with Crippen LogP contribution in [-0.2, 0) is 4.79 Å². The number of hydrogen-bond donors (Lipinski definition) is 0. The summed E-state index contributed by atoms with van der Waals surface area (Å²) in [4.78, 5) is 20.7. The monoisotopic (exact) mass is 328 g/mol. The molecule has 1 saturated heterocycles. The van der Waals surface area contributed by atoms with Crippen molar-refractivity contribution in [1.82, 2.24) is 9.88 Å². The minimum absolute atomic E-state index is 0.270. The fourth-order valence-electron chi connectivity index (χ4n) is 3.12. The zero-order valence-corrected chi connectivity index (χ0v) is 14.7. The number of hydrogen-bond acceptors (Lipinski definition) is 4. The molecule has 0 radical (unpaired) electrons. The first-order valence-electron chi connectivity index (χ1n) is 9.14. The van der Waals surface area contributed by atoms with E-state index in [2.05, 4.69) is 22.9 Å². The Morgan fingerprint density at radius 1 is 1.17 bits per heavy atom. The Labute approximate surface area is 145 Å². The highest BCUT2D eigenvalue weighted by Crippen LogP contribution is 2.18. The van der Waals surface area contributed by atoms with Crippen LogP contribution in [0.25, 0.3) is 0 Å². The molecule has 1 aliphatic heterocycles. The van der Waals surface area contributed by atoms with E-state index in [0.29, 0.717) is 12.0 Å². The van der Waals surface area contributed by atoms with Gasteiger partial charge in [0.1, 0.15) is 11.9 Å². The number of aromatic nitrogens is 1. The summed E-state index contributed by atoms with van der Waals surface area (Å²) in [6.45, 7) is 5.14. The van der Waals surface area contributed by atoms with Crippen LogP contribution in [0.1, 0.15) is 57.4 Å². The number of amides is 1. The summed E-state index contributed by atoms with van der Waals surface area (Å²) in [5.74, 6) is 1.01. The number of carbonyl (C=O) groups is 1. The molecule has 2 heterocycles. The number of nitrogens with zero attached hydrogens (tertiary/aromatic N) is 4. The van der Waals surface area contributed by atoms with Crippen LogP contribution < -0.4 is 4.90 Å². The van der Waals surface area contributed by atoms with E-state index < -0.39 is 0 Å². The molecule has 0 N–H and O–H groups in total. The van der Waals surface area contributed by atoms with Crippen molar-refractivity contribution < 1.29 is 4.79 Å². The van der Waals surface area contributed by atoms with Crippen LogP contribution in [0.15, 0.2) is 18.3 Å². The summed E-state index contributed by atoms with van der Waals surface area (Å²) in [5, 5.41) is 9.18. The van der Waals surface area contributed by atoms with Gasteiger partial charge in [0.15, 0.2) is 0 Å². The maximum absolute atomic E-state index is 12.3. The summed E-state index contributed by atoms with van der Waals surface area (Å²) < 4.78 is 0. The van der Waals surface area contributed by atoms with Gasteiger partial charge in [0.25, 0.3) is 0 Å². The first-order chi connectivity index (χ1) is 11.8. The molecule has 0 spiro atoms. The summed E-state index contributed by atoms with van der Waals surface area (Å²) in [5.41, 5.74) is 0.601. The Morgan fingerprint density at radius 3 is 2.58 bits per heavy atom. The minimum atomic E-state index is 0.270. The second kappa shape index (κ2) is 9.92. The van der Waals surface area contributed by atoms with Crippen molar-refractivity contribution in [3.8, 4) is 6.07 Å². The zero-order valence-electron chi connectivity index (χ0n) is 14.7. The summed E-state index contributed by atoms with van der Waals surface area (Å²) in [7, 11) is 0. The molecule has 2 rings (SSSR count). The molecular weight excluding hydrogens is 300 g/mol. The highest BCUT2D eigenvalue weighted by molar-refractivity contribution is 5.76. The highest BCUT2D eigenvalue weighted by atomic mass is 16.2. The Balaban J connectivity index is 1.72. The first kappa shape index (κ1) is 18.3. The Morgan fingerprint density at radius 2 is 1.88 bits per heavy atom. The zero-order chi connectivity index (χ0) is 17.2. The molecule has 5 nitrogen and oxygen atoms in total. The van der Waals surface area contributed by atoms with Gasteiger partial charge in [0.05, 0.1) is 5.56 Å². The van der Waals surface area contributed by atoms with Crippen LogP contribution in [-0.4, -0.2) is 42.0 Å². The van der Waals surface area contributed by atoms with Gasteiger partial charge in [-0.15, -0.1) is 0 Å². The fraction of sp³-hybridized carbons (Fsp3) is 0.632. The van der Waals surface area contributed by atoms with Crippen molar-refractivity contribution in [3.63, 3.8) is 0 Å². The van der Waals surface area contributed by atoms with E-state index in [9.17, 15) is 10.1 Å². The fourth-order valence-corrected chi connectivity index (χ4v) is 3.12. The lowest BCUT2D eigenvalue weighted by Gasteiger charge is -2.35. The van der Waals surface area contributed by atoms with E-state index in [4.69, 9.17) is 0 Å².